The average Bonchev–Trinajstić information content (AvgIpc) is 2.30. The van der Waals surface area contributed by atoms with E-state index in [-0.39, 0.29) is 12.0 Å². The van der Waals surface area contributed by atoms with Gasteiger partial charge in [-0.15, -0.1) is 0 Å². The molecule has 1 aliphatic rings. The summed E-state index contributed by atoms with van der Waals surface area (Å²) in [6.07, 6.45) is 2.30. The van der Waals surface area contributed by atoms with Crippen molar-refractivity contribution in [3.05, 3.63) is 16.2 Å². The van der Waals surface area contributed by atoms with Gasteiger partial charge in [-0.25, -0.2) is 4.98 Å². The Morgan fingerprint density at radius 2 is 2.29 bits per heavy atom. The van der Waals surface area contributed by atoms with Gasteiger partial charge in [-0.1, -0.05) is 6.92 Å². The van der Waals surface area contributed by atoms with Crippen molar-refractivity contribution in [2.45, 2.75) is 26.4 Å². The molecule has 4 nitrogen and oxygen atoms in total. The van der Waals surface area contributed by atoms with Gasteiger partial charge in [-0.3, -0.25) is 0 Å². The lowest BCUT2D eigenvalue weighted by Gasteiger charge is -2.35. The molecule has 17 heavy (non-hydrogen) atoms. The summed E-state index contributed by atoms with van der Waals surface area (Å²) in [5.41, 5.74) is 7.54. The normalized spacial score (nSPS) is 25.1. The van der Waals surface area contributed by atoms with Crippen LogP contribution in [0.4, 0.5) is 11.5 Å². The van der Waals surface area contributed by atoms with E-state index in [9.17, 15) is 5.11 Å². The van der Waals surface area contributed by atoms with Gasteiger partial charge in [0.15, 0.2) is 0 Å². The summed E-state index contributed by atoms with van der Waals surface area (Å²) in [5, 5.41) is 9.73. The highest BCUT2D eigenvalue weighted by atomic mass is 79.9. The number of nitrogens with zero attached hydrogens (tertiary/aromatic N) is 2. The van der Waals surface area contributed by atoms with Crippen LogP contribution in [-0.4, -0.2) is 29.3 Å². The van der Waals surface area contributed by atoms with E-state index in [1.165, 1.54) is 0 Å². The van der Waals surface area contributed by atoms with E-state index in [2.05, 4.69) is 32.7 Å². The fourth-order valence-corrected chi connectivity index (χ4v) is 2.71. The number of aliphatic hydroxyl groups is 1. The van der Waals surface area contributed by atoms with Crippen molar-refractivity contribution in [2.75, 3.05) is 23.7 Å². The average molecular weight is 300 g/mol. The van der Waals surface area contributed by atoms with E-state index >= 15 is 0 Å². The summed E-state index contributed by atoms with van der Waals surface area (Å²) in [6.45, 7) is 5.71. The van der Waals surface area contributed by atoms with E-state index in [1.54, 1.807) is 6.20 Å². The van der Waals surface area contributed by atoms with Crippen LogP contribution in [0.3, 0.4) is 0 Å². The van der Waals surface area contributed by atoms with E-state index in [4.69, 9.17) is 5.73 Å². The molecule has 1 aliphatic heterocycles. The first-order valence-corrected chi connectivity index (χ1v) is 6.63. The van der Waals surface area contributed by atoms with Crippen LogP contribution in [0.2, 0.25) is 0 Å². The van der Waals surface area contributed by atoms with Gasteiger partial charge >= 0.3 is 0 Å². The highest BCUT2D eigenvalue weighted by Crippen LogP contribution is 2.32. The van der Waals surface area contributed by atoms with Gasteiger partial charge in [-0.05, 0) is 40.8 Å². The molecule has 1 fully saturated rings. The predicted octanol–water partition coefficient (Wildman–Crippen LogP) is 1.94. The molecule has 2 unspecified atom stereocenters. The largest absolute Gasteiger partial charge is 0.397 e. The standard InChI is InChI=1S/C12H18BrN3O/c1-7-6-16(4-3-10(7)17)12-11(13)8(2)9(14)5-15-12/h5,7,10,17H,3-4,6,14H2,1-2H3. The molecular weight excluding hydrogens is 282 g/mol. The Kier molecular flexibility index (Phi) is 3.58. The van der Waals surface area contributed by atoms with E-state index in [1.807, 2.05) is 6.92 Å². The summed E-state index contributed by atoms with van der Waals surface area (Å²) in [4.78, 5) is 6.60. The van der Waals surface area contributed by atoms with Gasteiger partial charge in [0.05, 0.1) is 22.5 Å². The Labute approximate surface area is 110 Å². The molecule has 5 heteroatoms. The van der Waals surface area contributed by atoms with Gasteiger partial charge in [0.1, 0.15) is 5.82 Å². The molecule has 0 aliphatic carbocycles. The Morgan fingerprint density at radius 1 is 1.59 bits per heavy atom. The molecule has 0 amide bonds. The highest BCUT2D eigenvalue weighted by Gasteiger charge is 2.26. The van der Waals surface area contributed by atoms with Gasteiger partial charge in [0, 0.05) is 13.1 Å². The van der Waals surface area contributed by atoms with E-state index in [0.717, 1.165) is 35.4 Å². The fourth-order valence-electron chi connectivity index (χ4n) is 2.12. The molecular formula is C12H18BrN3O. The molecule has 3 N–H and O–H groups in total. The Morgan fingerprint density at radius 3 is 2.94 bits per heavy atom. The Bertz CT molecular complexity index is 424. The molecule has 94 valence electrons. The number of nitrogen functional groups attached to an aromatic ring is 1. The van der Waals surface area contributed by atoms with Crippen LogP contribution in [0.1, 0.15) is 18.9 Å². The molecule has 0 aromatic carbocycles. The first kappa shape index (κ1) is 12.6. The molecule has 1 aromatic heterocycles. The van der Waals surface area contributed by atoms with Crippen LogP contribution in [0.25, 0.3) is 0 Å². The van der Waals surface area contributed by atoms with Crippen molar-refractivity contribution >= 4 is 27.4 Å². The van der Waals surface area contributed by atoms with E-state index in [0.29, 0.717) is 5.69 Å². The summed E-state index contributed by atoms with van der Waals surface area (Å²) >= 11 is 3.55. The topological polar surface area (TPSA) is 62.4 Å². The number of rotatable bonds is 1. The first-order valence-electron chi connectivity index (χ1n) is 5.84. The third-order valence-electron chi connectivity index (χ3n) is 3.44. The van der Waals surface area contributed by atoms with Crippen LogP contribution in [0.5, 0.6) is 0 Å². The van der Waals surface area contributed by atoms with Crippen molar-refractivity contribution in [1.82, 2.24) is 4.98 Å². The SMILES string of the molecule is Cc1c(N)cnc(N2CCC(O)C(C)C2)c1Br. The minimum absolute atomic E-state index is 0.195. The minimum Gasteiger partial charge on any atom is -0.397 e. The monoisotopic (exact) mass is 299 g/mol. The molecule has 2 rings (SSSR count). The maximum Gasteiger partial charge on any atom is 0.143 e. The second kappa shape index (κ2) is 4.82. The molecule has 1 saturated heterocycles. The molecule has 1 aromatic rings. The second-order valence-electron chi connectivity index (χ2n) is 4.76. The smallest absolute Gasteiger partial charge is 0.143 e. The van der Waals surface area contributed by atoms with Gasteiger partial charge in [0.2, 0.25) is 0 Å². The molecule has 0 radical (unpaired) electrons. The number of hydrogen-bond acceptors (Lipinski definition) is 4. The lowest BCUT2D eigenvalue weighted by molar-refractivity contribution is 0.0968. The van der Waals surface area contributed by atoms with Crippen LogP contribution in [0.15, 0.2) is 10.7 Å². The molecule has 0 bridgehead atoms. The molecule has 0 spiro atoms. The van der Waals surface area contributed by atoms with Crippen LogP contribution >= 0.6 is 15.9 Å². The minimum atomic E-state index is -0.195. The third-order valence-corrected chi connectivity index (χ3v) is 4.39. The third kappa shape index (κ3) is 2.40. The summed E-state index contributed by atoms with van der Waals surface area (Å²) in [5.74, 6) is 1.20. The quantitative estimate of drug-likeness (QED) is 0.832. The highest BCUT2D eigenvalue weighted by molar-refractivity contribution is 9.10. The Balaban J connectivity index is 2.26. The molecule has 2 heterocycles. The summed E-state index contributed by atoms with van der Waals surface area (Å²) in [6, 6.07) is 0. The Hall–Kier alpha value is -0.810. The van der Waals surface area contributed by atoms with Gasteiger partial charge < -0.3 is 15.7 Å². The number of hydrogen-bond donors (Lipinski definition) is 2. The lowest BCUT2D eigenvalue weighted by Crippen LogP contribution is -2.42. The first-order chi connectivity index (χ1) is 8.00. The maximum atomic E-state index is 9.73. The number of aliphatic hydroxyl groups excluding tert-OH is 1. The zero-order chi connectivity index (χ0) is 12.6. The van der Waals surface area contributed by atoms with Crippen molar-refractivity contribution in [3.8, 4) is 0 Å². The maximum absolute atomic E-state index is 9.73. The summed E-state index contributed by atoms with van der Waals surface area (Å²) < 4.78 is 0.959. The van der Waals surface area contributed by atoms with Crippen molar-refractivity contribution in [1.29, 1.82) is 0 Å². The zero-order valence-electron chi connectivity index (χ0n) is 10.2. The number of anilines is 2. The van der Waals surface area contributed by atoms with Crippen LogP contribution in [-0.2, 0) is 0 Å². The van der Waals surface area contributed by atoms with Crippen molar-refractivity contribution < 1.29 is 5.11 Å². The zero-order valence-corrected chi connectivity index (χ0v) is 11.7. The van der Waals surface area contributed by atoms with Gasteiger partial charge in [0.25, 0.3) is 0 Å². The fraction of sp³-hybridized carbons (Fsp3) is 0.583. The van der Waals surface area contributed by atoms with Crippen LogP contribution in [0, 0.1) is 12.8 Å². The number of nitrogens with two attached hydrogens (primary N) is 1. The number of pyridine rings is 1. The van der Waals surface area contributed by atoms with E-state index < -0.39 is 0 Å². The number of halogens is 1. The summed E-state index contributed by atoms with van der Waals surface area (Å²) in [7, 11) is 0. The second-order valence-corrected chi connectivity index (χ2v) is 5.55. The molecule has 0 saturated carbocycles. The number of aromatic nitrogens is 1. The number of piperidine rings is 1. The van der Waals surface area contributed by atoms with Crippen molar-refractivity contribution in [2.24, 2.45) is 5.92 Å². The van der Waals surface area contributed by atoms with Crippen LogP contribution < -0.4 is 10.6 Å². The molecule has 2 atom stereocenters. The lowest BCUT2D eigenvalue weighted by atomic mass is 9.97. The van der Waals surface area contributed by atoms with Crippen molar-refractivity contribution in [3.63, 3.8) is 0 Å². The predicted molar refractivity (Wildman–Crippen MR) is 73.1 cm³/mol. The van der Waals surface area contributed by atoms with Gasteiger partial charge in [-0.2, -0.15) is 0 Å².